The highest BCUT2D eigenvalue weighted by Crippen LogP contribution is 2.47. The van der Waals surface area contributed by atoms with Crippen molar-refractivity contribution in [1.82, 2.24) is 0 Å². The van der Waals surface area contributed by atoms with Gasteiger partial charge < -0.3 is 0 Å². The van der Waals surface area contributed by atoms with Crippen LogP contribution in [0.2, 0.25) is 0 Å². The fraction of sp³-hybridized carbons (Fsp3) is 0.0588. The minimum absolute atomic E-state index is 0.355. The summed E-state index contributed by atoms with van der Waals surface area (Å²) in [4.78, 5) is 58.6. The molecule has 2 amide bonds. The molecule has 40 heavy (non-hydrogen) atoms. The summed E-state index contributed by atoms with van der Waals surface area (Å²) in [6, 6.07) is 28.1. The van der Waals surface area contributed by atoms with Gasteiger partial charge in [-0.1, -0.05) is 60.7 Å². The van der Waals surface area contributed by atoms with Gasteiger partial charge >= 0.3 is 0 Å². The van der Waals surface area contributed by atoms with Crippen molar-refractivity contribution in [2.75, 3.05) is 9.80 Å². The highest BCUT2D eigenvalue weighted by atomic mass is 16.2. The second-order valence-corrected chi connectivity index (χ2v) is 10.7. The maximum atomic E-state index is 14.1. The SMILES string of the molecule is O=C1c2c(ccc3cc4ccccc4cc23)N2C(=O)[C@H]3C(=O)c4c(ccc5cc6ccccc6cc45)N3C(=O)[C@@H]12. The van der Waals surface area contributed by atoms with Gasteiger partial charge in [0, 0.05) is 0 Å². The van der Waals surface area contributed by atoms with Crippen molar-refractivity contribution in [1.29, 1.82) is 0 Å². The number of fused-ring (bicyclic) bond motifs is 12. The van der Waals surface area contributed by atoms with Gasteiger partial charge in [0.05, 0.1) is 22.5 Å². The number of anilines is 2. The first-order valence-electron chi connectivity index (χ1n) is 13.2. The molecule has 3 aliphatic rings. The van der Waals surface area contributed by atoms with Crippen LogP contribution in [0, 0.1) is 0 Å². The van der Waals surface area contributed by atoms with Gasteiger partial charge in [0.15, 0.2) is 23.7 Å². The Morgan fingerprint density at radius 1 is 0.425 bits per heavy atom. The van der Waals surface area contributed by atoms with Gasteiger partial charge in [-0.2, -0.15) is 0 Å². The summed E-state index contributed by atoms with van der Waals surface area (Å²) in [7, 11) is 0. The van der Waals surface area contributed by atoms with E-state index in [1.807, 2.05) is 84.9 Å². The van der Waals surface area contributed by atoms with Crippen molar-refractivity contribution in [2.45, 2.75) is 12.1 Å². The molecule has 2 atom stereocenters. The lowest BCUT2D eigenvalue weighted by Crippen LogP contribution is -2.65. The van der Waals surface area contributed by atoms with Gasteiger partial charge in [-0.25, -0.2) is 0 Å². The average Bonchev–Trinajstić information content (AvgIpc) is 3.46. The number of carbonyl (C=O) groups is 4. The van der Waals surface area contributed by atoms with Crippen LogP contribution in [0.4, 0.5) is 11.4 Å². The molecule has 1 fully saturated rings. The van der Waals surface area contributed by atoms with Crippen LogP contribution in [0.1, 0.15) is 20.7 Å². The standard InChI is InChI=1S/C34H18N2O4/c37-31-27-23-15-19-7-3-1-5-17(19)13-21(23)9-11-25(27)35-29(31)33(39)36-26-12-10-22-14-18-6-2-4-8-20(18)16-24(22)28(26)32(38)30(36)34(35)40/h1-16,29-30H/t29-,30-/m1/s1. The first-order valence-corrected chi connectivity index (χ1v) is 13.2. The Kier molecular flexibility index (Phi) is 3.87. The van der Waals surface area contributed by atoms with E-state index in [0.29, 0.717) is 33.3 Å². The number of ketones is 2. The molecule has 0 spiro atoms. The topological polar surface area (TPSA) is 74.8 Å². The molecule has 6 aromatic rings. The van der Waals surface area contributed by atoms with Crippen molar-refractivity contribution >= 4 is 77.8 Å². The number of piperazine rings is 1. The number of hydrogen-bond donors (Lipinski definition) is 0. The Labute approximate surface area is 227 Å². The van der Waals surface area contributed by atoms with Gasteiger partial charge in [0.2, 0.25) is 0 Å². The van der Waals surface area contributed by atoms with Crippen molar-refractivity contribution in [3.63, 3.8) is 0 Å². The van der Waals surface area contributed by atoms with E-state index < -0.39 is 35.5 Å². The van der Waals surface area contributed by atoms with Gasteiger partial charge in [0.1, 0.15) is 0 Å². The molecule has 0 N–H and O–H groups in total. The fourth-order valence-corrected chi connectivity index (χ4v) is 6.91. The predicted molar refractivity (Wildman–Crippen MR) is 154 cm³/mol. The van der Waals surface area contributed by atoms with Crippen LogP contribution < -0.4 is 9.80 Å². The van der Waals surface area contributed by atoms with Gasteiger partial charge in [0.25, 0.3) is 11.8 Å². The third-order valence-corrected chi connectivity index (χ3v) is 8.70. The summed E-state index contributed by atoms with van der Waals surface area (Å²) in [6.45, 7) is 0. The molecule has 3 aliphatic heterocycles. The van der Waals surface area contributed by atoms with Crippen LogP contribution in [0.15, 0.2) is 97.1 Å². The number of rotatable bonds is 0. The van der Waals surface area contributed by atoms with Crippen LogP contribution in [0.25, 0.3) is 43.1 Å². The molecule has 0 bridgehead atoms. The van der Waals surface area contributed by atoms with E-state index in [2.05, 4.69) is 0 Å². The number of benzene rings is 6. The molecule has 0 aliphatic carbocycles. The fourth-order valence-electron chi connectivity index (χ4n) is 6.91. The molecule has 6 nitrogen and oxygen atoms in total. The first-order chi connectivity index (χ1) is 19.5. The van der Waals surface area contributed by atoms with Crippen LogP contribution in [0.3, 0.4) is 0 Å². The lowest BCUT2D eigenvalue weighted by molar-refractivity contribution is -0.128. The lowest BCUT2D eigenvalue weighted by Gasteiger charge is -2.37. The van der Waals surface area contributed by atoms with E-state index in [9.17, 15) is 19.2 Å². The summed E-state index contributed by atoms with van der Waals surface area (Å²) in [6.07, 6.45) is 0. The number of nitrogens with zero attached hydrogens (tertiary/aromatic N) is 2. The van der Waals surface area contributed by atoms with Crippen LogP contribution >= 0.6 is 0 Å². The quantitative estimate of drug-likeness (QED) is 0.188. The van der Waals surface area contributed by atoms with Crippen LogP contribution in [0.5, 0.6) is 0 Å². The Hall–Kier alpha value is -5.36. The second kappa shape index (κ2) is 7.18. The molecular formula is C34H18N2O4. The molecule has 0 aromatic heterocycles. The molecule has 0 unspecified atom stereocenters. The number of Topliss-reactive ketones (excluding diaryl/α,β-unsaturated/α-hetero) is 2. The molecule has 0 radical (unpaired) electrons. The average molecular weight is 519 g/mol. The van der Waals surface area contributed by atoms with Gasteiger partial charge in [-0.3, -0.25) is 29.0 Å². The van der Waals surface area contributed by atoms with E-state index in [1.54, 1.807) is 12.1 Å². The zero-order valence-corrected chi connectivity index (χ0v) is 20.9. The van der Waals surface area contributed by atoms with Gasteiger partial charge in [-0.15, -0.1) is 0 Å². The third-order valence-electron chi connectivity index (χ3n) is 8.70. The molecule has 6 heteroatoms. The first kappa shape index (κ1) is 21.6. The summed E-state index contributed by atoms with van der Waals surface area (Å²) >= 11 is 0. The summed E-state index contributed by atoms with van der Waals surface area (Å²) in [5.41, 5.74) is 1.48. The highest BCUT2D eigenvalue weighted by Gasteiger charge is 2.60. The summed E-state index contributed by atoms with van der Waals surface area (Å²) in [5.74, 6) is -1.93. The molecule has 1 saturated heterocycles. The lowest BCUT2D eigenvalue weighted by atomic mass is 9.96. The maximum absolute atomic E-state index is 14.1. The van der Waals surface area contributed by atoms with E-state index >= 15 is 0 Å². The monoisotopic (exact) mass is 518 g/mol. The predicted octanol–water partition coefficient (Wildman–Crippen LogP) is 5.81. The molecular weight excluding hydrogens is 500 g/mol. The highest BCUT2D eigenvalue weighted by molar-refractivity contribution is 6.43. The molecule has 9 rings (SSSR count). The Morgan fingerprint density at radius 2 is 0.800 bits per heavy atom. The van der Waals surface area contributed by atoms with Crippen molar-refractivity contribution in [3.8, 4) is 0 Å². The smallest absolute Gasteiger partial charge is 0.259 e. The number of hydrogen-bond acceptors (Lipinski definition) is 4. The molecule has 6 aromatic carbocycles. The summed E-state index contributed by atoms with van der Waals surface area (Å²) in [5, 5.41) is 7.09. The van der Waals surface area contributed by atoms with Crippen LogP contribution in [-0.4, -0.2) is 35.5 Å². The zero-order valence-electron chi connectivity index (χ0n) is 20.9. The second-order valence-electron chi connectivity index (χ2n) is 10.7. The van der Waals surface area contributed by atoms with Crippen molar-refractivity contribution in [3.05, 3.63) is 108 Å². The van der Waals surface area contributed by atoms with E-state index in [0.717, 1.165) is 32.3 Å². The van der Waals surface area contributed by atoms with Crippen LogP contribution in [-0.2, 0) is 9.59 Å². The zero-order chi connectivity index (χ0) is 26.9. The Bertz CT molecular complexity index is 2070. The Morgan fingerprint density at radius 3 is 1.20 bits per heavy atom. The largest absolute Gasteiger partial charge is 0.291 e. The molecule has 3 heterocycles. The molecule has 0 saturated carbocycles. The van der Waals surface area contributed by atoms with E-state index in [-0.39, 0.29) is 0 Å². The normalized spacial score (nSPS) is 19.6. The number of carbonyl (C=O) groups excluding carboxylic acids is 4. The summed E-state index contributed by atoms with van der Waals surface area (Å²) < 4.78 is 0. The van der Waals surface area contributed by atoms with E-state index in [1.165, 1.54) is 9.80 Å². The third kappa shape index (κ3) is 2.49. The van der Waals surface area contributed by atoms with Crippen molar-refractivity contribution < 1.29 is 19.2 Å². The van der Waals surface area contributed by atoms with E-state index in [4.69, 9.17) is 0 Å². The Balaban J connectivity index is 1.24. The van der Waals surface area contributed by atoms with Gasteiger partial charge in [-0.05, 0) is 79.5 Å². The minimum atomic E-state index is -1.33. The maximum Gasteiger partial charge on any atom is 0.259 e. The van der Waals surface area contributed by atoms with Crippen molar-refractivity contribution in [2.24, 2.45) is 0 Å². The number of amides is 2. The minimum Gasteiger partial charge on any atom is -0.291 e. The molecule has 188 valence electrons.